The lowest BCUT2D eigenvalue weighted by molar-refractivity contribution is -0.385. The fraction of sp³-hybridized carbons (Fsp3) is 0.267. The zero-order valence-electron chi connectivity index (χ0n) is 13.0. The molecular formula is C15H15ClN4O5. The molecule has 1 aromatic carbocycles. The zero-order chi connectivity index (χ0) is 18.4. The van der Waals surface area contributed by atoms with Crippen molar-refractivity contribution in [3.8, 4) is 0 Å². The van der Waals surface area contributed by atoms with E-state index in [1.165, 1.54) is 10.9 Å². The number of halogens is 1. The van der Waals surface area contributed by atoms with Gasteiger partial charge in [-0.25, -0.2) is 0 Å². The van der Waals surface area contributed by atoms with Gasteiger partial charge in [0.1, 0.15) is 12.4 Å². The summed E-state index contributed by atoms with van der Waals surface area (Å²) >= 11 is 5.81. The first-order chi connectivity index (χ1) is 11.8. The molecule has 0 aliphatic rings. The molecule has 2 rings (SSSR count). The van der Waals surface area contributed by atoms with Crippen LogP contribution in [0.4, 0.5) is 5.69 Å². The van der Waals surface area contributed by atoms with Crippen LogP contribution >= 0.6 is 11.6 Å². The minimum absolute atomic E-state index is 0.00252. The minimum Gasteiger partial charge on any atom is -0.481 e. The fourth-order valence-electron chi connectivity index (χ4n) is 2.17. The van der Waals surface area contributed by atoms with Crippen molar-refractivity contribution in [2.24, 2.45) is 0 Å². The van der Waals surface area contributed by atoms with Gasteiger partial charge in [-0.15, -0.1) is 0 Å². The number of aliphatic carboxylic acids is 1. The Morgan fingerprint density at radius 2 is 2.04 bits per heavy atom. The number of nitrogens with one attached hydrogen (secondary N) is 1. The highest BCUT2D eigenvalue weighted by molar-refractivity contribution is 6.30. The van der Waals surface area contributed by atoms with Crippen molar-refractivity contribution < 1.29 is 19.6 Å². The Morgan fingerprint density at radius 1 is 1.36 bits per heavy atom. The van der Waals surface area contributed by atoms with Gasteiger partial charge >= 0.3 is 11.7 Å². The Kier molecular flexibility index (Phi) is 6.07. The van der Waals surface area contributed by atoms with Crippen molar-refractivity contribution >= 4 is 29.2 Å². The van der Waals surface area contributed by atoms with Crippen LogP contribution in [0.25, 0.3) is 0 Å². The van der Waals surface area contributed by atoms with E-state index in [9.17, 15) is 19.7 Å². The minimum atomic E-state index is -1.05. The van der Waals surface area contributed by atoms with E-state index in [1.807, 2.05) is 0 Å². The molecule has 0 spiro atoms. The summed E-state index contributed by atoms with van der Waals surface area (Å²) in [5.41, 5.74) is 0.459. The summed E-state index contributed by atoms with van der Waals surface area (Å²) in [6.45, 7) is 0.139. The number of carboxylic acid groups (broad SMARTS) is 1. The van der Waals surface area contributed by atoms with Crippen molar-refractivity contribution in [1.82, 2.24) is 15.1 Å². The number of aryl methyl sites for hydroxylation is 1. The largest absolute Gasteiger partial charge is 0.481 e. The van der Waals surface area contributed by atoms with Crippen molar-refractivity contribution in [3.63, 3.8) is 0 Å². The summed E-state index contributed by atoms with van der Waals surface area (Å²) in [7, 11) is 0. The molecule has 1 heterocycles. The lowest BCUT2D eigenvalue weighted by atomic mass is 10.0. The second kappa shape index (κ2) is 8.25. The first-order valence-corrected chi connectivity index (χ1v) is 7.66. The highest BCUT2D eigenvalue weighted by atomic mass is 35.5. The van der Waals surface area contributed by atoms with Gasteiger partial charge in [-0.1, -0.05) is 23.7 Å². The Bertz CT molecular complexity index is 774. The van der Waals surface area contributed by atoms with Gasteiger partial charge < -0.3 is 10.4 Å². The highest BCUT2D eigenvalue weighted by Crippen LogP contribution is 2.19. The molecule has 132 valence electrons. The van der Waals surface area contributed by atoms with Crippen LogP contribution in [0.1, 0.15) is 24.4 Å². The standard InChI is InChI=1S/C15H15ClN4O5/c16-11-3-1-10(2-4-11)13(7-15(22)23)18-14(21)5-6-19-9-12(8-17-19)20(24)25/h1-4,8-9,13H,5-7H2,(H,18,21)(H,22,23)/t13-/m0/s1. The second-order valence-electron chi connectivity index (χ2n) is 5.24. The molecule has 25 heavy (non-hydrogen) atoms. The average Bonchev–Trinajstić information content (AvgIpc) is 3.02. The SMILES string of the molecule is O=C(O)C[C@H](NC(=O)CCn1cc([N+](=O)[O-])cn1)c1ccc(Cl)cc1. The van der Waals surface area contributed by atoms with Gasteiger partial charge in [-0.05, 0) is 17.7 Å². The molecule has 9 nitrogen and oxygen atoms in total. The molecule has 0 fully saturated rings. The summed E-state index contributed by atoms with van der Waals surface area (Å²) in [6, 6.07) is 5.82. The number of carbonyl (C=O) groups is 2. The number of benzene rings is 1. The number of nitro groups is 1. The second-order valence-corrected chi connectivity index (χ2v) is 5.67. The predicted molar refractivity (Wildman–Crippen MR) is 88.1 cm³/mol. The van der Waals surface area contributed by atoms with Crippen LogP contribution < -0.4 is 5.32 Å². The number of amides is 1. The monoisotopic (exact) mass is 366 g/mol. The topological polar surface area (TPSA) is 127 Å². The molecule has 1 atom stereocenters. The molecule has 0 aliphatic carbocycles. The number of aromatic nitrogens is 2. The van der Waals surface area contributed by atoms with Crippen LogP contribution in [0.2, 0.25) is 5.02 Å². The maximum absolute atomic E-state index is 12.1. The average molecular weight is 367 g/mol. The number of hydrogen-bond donors (Lipinski definition) is 2. The maximum atomic E-state index is 12.1. The number of carboxylic acids is 1. The van der Waals surface area contributed by atoms with Crippen molar-refractivity contribution in [2.75, 3.05) is 0 Å². The Hall–Kier alpha value is -2.94. The van der Waals surface area contributed by atoms with Crippen LogP contribution in [-0.2, 0) is 16.1 Å². The molecule has 10 heteroatoms. The van der Waals surface area contributed by atoms with Gasteiger partial charge in [0.25, 0.3) is 0 Å². The first-order valence-electron chi connectivity index (χ1n) is 7.28. The van der Waals surface area contributed by atoms with Crippen LogP contribution in [-0.4, -0.2) is 31.7 Å². The summed E-state index contributed by atoms with van der Waals surface area (Å²) in [4.78, 5) is 33.1. The van der Waals surface area contributed by atoms with E-state index >= 15 is 0 Å². The lowest BCUT2D eigenvalue weighted by Gasteiger charge is -2.17. The maximum Gasteiger partial charge on any atom is 0.306 e. The Labute approximate surface area is 147 Å². The molecule has 2 N–H and O–H groups in total. The van der Waals surface area contributed by atoms with Crippen LogP contribution in [0.5, 0.6) is 0 Å². The van der Waals surface area contributed by atoms with E-state index in [4.69, 9.17) is 16.7 Å². The molecule has 0 radical (unpaired) electrons. The zero-order valence-corrected chi connectivity index (χ0v) is 13.7. The summed E-state index contributed by atoms with van der Waals surface area (Å²) in [6.07, 6.45) is 2.04. The highest BCUT2D eigenvalue weighted by Gasteiger charge is 2.18. The quantitative estimate of drug-likeness (QED) is 0.544. The van der Waals surface area contributed by atoms with Gasteiger partial charge in [0, 0.05) is 18.0 Å². The molecule has 0 saturated carbocycles. The van der Waals surface area contributed by atoms with E-state index < -0.39 is 16.9 Å². The molecule has 0 bridgehead atoms. The molecule has 0 unspecified atom stereocenters. The third-order valence-corrected chi connectivity index (χ3v) is 3.64. The van der Waals surface area contributed by atoms with Crippen molar-refractivity contribution in [2.45, 2.75) is 25.4 Å². The van der Waals surface area contributed by atoms with E-state index in [0.29, 0.717) is 10.6 Å². The van der Waals surface area contributed by atoms with E-state index in [-0.39, 0.29) is 31.0 Å². The predicted octanol–water partition coefficient (Wildman–Crippen LogP) is 2.17. The van der Waals surface area contributed by atoms with Crippen LogP contribution in [0, 0.1) is 10.1 Å². The number of carbonyl (C=O) groups excluding carboxylic acids is 1. The van der Waals surface area contributed by atoms with E-state index in [0.717, 1.165) is 6.20 Å². The van der Waals surface area contributed by atoms with Crippen LogP contribution in [0.15, 0.2) is 36.7 Å². The van der Waals surface area contributed by atoms with Gasteiger partial charge in [0.2, 0.25) is 5.91 Å². The third kappa shape index (κ3) is 5.57. The molecule has 2 aromatic rings. The molecular weight excluding hydrogens is 352 g/mol. The van der Waals surface area contributed by atoms with E-state index in [2.05, 4.69) is 10.4 Å². The number of rotatable bonds is 8. The fourth-order valence-corrected chi connectivity index (χ4v) is 2.30. The van der Waals surface area contributed by atoms with E-state index in [1.54, 1.807) is 24.3 Å². The molecule has 1 aromatic heterocycles. The first kappa shape index (κ1) is 18.4. The van der Waals surface area contributed by atoms with Gasteiger partial charge in [-0.3, -0.25) is 24.4 Å². The molecule has 0 aliphatic heterocycles. The number of nitrogens with zero attached hydrogens (tertiary/aromatic N) is 3. The summed E-state index contributed by atoms with van der Waals surface area (Å²) in [5.74, 6) is -1.44. The molecule has 1 amide bonds. The number of hydrogen-bond acceptors (Lipinski definition) is 5. The normalized spacial score (nSPS) is 11.7. The smallest absolute Gasteiger partial charge is 0.306 e. The Morgan fingerprint density at radius 3 is 2.60 bits per heavy atom. The van der Waals surface area contributed by atoms with Gasteiger partial charge in [-0.2, -0.15) is 5.10 Å². The summed E-state index contributed by atoms with van der Waals surface area (Å²) < 4.78 is 1.28. The lowest BCUT2D eigenvalue weighted by Crippen LogP contribution is -2.30. The van der Waals surface area contributed by atoms with Crippen LogP contribution in [0.3, 0.4) is 0 Å². The third-order valence-electron chi connectivity index (χ3n) is 3.38. The molecule has 0 saturated heterocycles. The van der Waals surface area contributed by atoms with Gasteiger partial charge in [0.05, 0.1) is 17.4 Å². The van der Waals surface area contributed by atoms with Crippen molar-refractivity contribution in [1.29, 1.82) is 0 Å². The Balaban J connectivity index is 1.97. The summed E-state index contributed by atoms with van der Waals surface area (Å²) in [5, 5.41) is 26.6. The van der Waals surface area contributed by atoms with Crippen molar-refractivity contribution in [3.05, 3.63) is 57.4 Å². The van der Waals surface area contributed by atoms with Gasteiger partial charge in [0.15, 0.2) is 0 Å².